The number of nitrogens with zero attached hydrogens (tertiary/aromatic N) is 2. The van der Waals surface area contributed by atoms with Gasteiger partial charge in [0.15, 0.2) is 17.5 Å². The number of halogens is 2. The normalized spacial score (nSPS) is 10.5. The van der Waals surface area contributed by atoms with Gasteiger partial charge in [-0.1, -0.05) is 22.0 Å². The van der Waals surface area contributed by atoms with Crippen LogP contribution in [0.1, 0.15) is 11.3 Å². The van der Waals surface area contributed by atoms with Gasteiger partial charge in [-0.2, -0.15) is 0 Å². The van der Waals surface area contributed by atoms with E-state index in [4.69, 9.17) is 0 Å². The van der Waals surface area contributed by atoms with Crippen LogP contribution in [0, 0.1) is 19.7 Å². The average Bonchev–Trinajstić information content (AvgIpc) is 2.36. The summed E-state index contributed by atoms with van der Waals surface area (Å²) in [4.78, 5) is 8.36. The van der Waals surface area contributed by atoms with Crippen molar-refractivity contribution in [2.24, 2.45) is 0 Å². The monoisotopic (exact) mass is 309 g/mol. The maximum atomic E-state index is 13.6. The van der Waals surface area contributed by atoms with E-state index in [0.717, 1.165) is 15.6 Å². The summed E-state index contributed by atoms with van der Waals surface area (Å²) in [5, 5.41) is 2.74. The molecule has 5 heteroatoms. The molecule has 3 nitrogen and oxygen atoms in total. The van der Waals surface area contributed by atoms with Crippen molar-refractivity contribution in [1.82, 2.24) is 9.97 Å². The van der Waals surface area contributed by atoms with E-state index in [1.165, 1.54) is 0 Å². The number of anilines is 1. The maximum Gasteiger partial charge on any atom is 0.186 e. The molecule has 0 fully saturated rings. The maximum absolute atomic E-state index is 13.6. The quantitative estimate of drug-likeness (QED) is 0.919. The molecular formula is C13H13BrFN3. The molecule has 2 aromatic rings. The van der Waals surface area contributed by atoms with Crippen molar-refractivity contribution < 1.29 is 4.39 Å². The first-order chi connectivity index (χ1) is 8.52. The van der Waals surface area contributed by atoms with Gasteiger partial charge in [-0.05, 0) is 31.5 Å². The molecule has 1 N–H and O–H groups in total. The number of benzene rings is 1. The van der Waals surface area contributed by atoms with Crippen LogP contribution < -0.4 is 5.32 Å². The van der Waals surface area contributed by atoms with E-state index in [-0.39, 0.29) is 5.82 Å². The Kier molecular flexibility index (Phi) is 3.61. The second-order valence-electron chi connectivity index (χ2n) is 4.01. The van der Waals surface area contributed by atoms with Crippen molar-refractivity contribution in [3.8, 4) is 11.4 Å². The molecule has 1 aromatic carbocycles. The zero-order chi connectivity index (χ0) is 13.3. The number of aryl methyl sites for hydroxylation is 2. The van der Waals surface area contributed by atoms with Crippen molar-refractivity contribution in [3.05, 3.63) is 39.7 Å². The van der Waals surface area contributed by atoms with Crippen LogP contribution in [0.3, 0.4) is 0 Å². The summed E-state index contributed by atoms with van der Waals surface area (Å²) in [6.07, 6.45) is 0. The SMILES string of the molecule is CNc1nc(-c2ccc(Br)c(C)c2)nc(C)c1F. The van der Waals surface area contributed by atoms with Crippen LogP contribution in [0.25, 0.3) is 11.4 Å². The molecule has 2 rings (SSSR count). The lowest BCUT2D eigenvalue weighted by Crippen LogP contribution is -2.03. The summed E-state index contributed by atoms with van der Waals surface area (Å²) >= 11 is 3.44. The molecule has 0 atom stereocenters. The van der Waals surface area contributed by atoms with Gasteiger partial charge in [-0.15, -0.1) is 0 Å². The predicted molar refractivity (Wildman–Crippen MR) is 74.1 cm³/mol. The molecule has 0 bridgehead atoms. The Morgan fingerprint density at radius 3 is 2.56 bits per heavy atom. The van der Waals surface area contributed by atoms with Gasteiger partial charge in [-0.3, -0.25) is 0 Å². The Balaban J connectivity index is 2.57. The van der Waals surface area contributed by atoms with Gasteiger partial charge >= 0.3 is 0 Å². The molecule has 0 saturated carbocycles. The molecular weight excluding hydrogens is 297 g/mol. The van der Waals surface area contributed by atoms with Crippen LogP contribution in [0.2, 0.25) is 0 Å². The number of nitrogens with one attached hydrogen (secondary N) is 1. The van der Waals surface area contributed by atoms with Crippen molar-refractivity contribution >= 4 is 21.7 Å². The Hall–Kier alpha value is -1.49. The molecule has 94 valence electrons. The summed E-state index contributed by atoms with van der Waals surface area (Å²) < 4.78 is 14.7. The summed E-state index contributed by atoms with van der Waals surface area (Å²) in [5.74, 6) is 0.335. The first-order valence-corrected chi connectivity index (χ1v) is 6.30. The lowest BCUT2D eigenvalue weighted by Gasteiger charge is -2.08. The molecule has 1 heterocycles. The van der Waals surface area contributed by atoms with Crippen LogP contribution in [-0.4, -0.2) is 17.0 Å². The molecule has 0 spiro atoms. The smallest absolute Gasteiger partial charge is 0.186 e. The van der Waals surface area contributed by atoms with E-state index in [0.29, 0.717) is 11.5 Å². The topological polar surface area (TPSA) is 37.8 Å². The molecule has 0 aliphatic rings. The number of hydrogen-bond acceptors (Lipinski definition) is 3. The van der Waals surface area contributed by atoms with E-state index < -0.39 is 5.82 Å². The summed E-state index contributed by atoms with van der Waals surface area (Å²) in [6.45, 7) is 3.62. The van der Waals surface area contributed by atoms with E-state index in [9.17, 15) is 4.39 Å². The largest absolute Gasteiger partial charge is 0.371 e. The lowest BCUT2D eigenvalue weighted by molar-refractivity contribution is 0.607. The van der Waals surface area contributed by atoms with Crippen molar-refractivity contribution in [1.29, 1.82) is 0 Å². The molecule has 0 radical (unpaired) electrons. The fourth-order valence-electron chi connectivity index (χ4n) is 1.64. The van der Waals surface area contributed by atoms with Crippen LogP contribution >= 0.6 is 15.9 Å². The predicted octanol–water partition coefficient (Wildman–Crippen LogP) is 3.70. The second kappa shape index (κ2) is 5.02. The minimum Gasteiger partial charge on any atom is -0.371 e. The highest BCUT2D eigenvalue weighted by Gasteiger charge is 2.11. The highest BCUT2D eigenvalue weighted by atomic mass is 79.9. The van der Waals surface area contributed by atoms with Gasteiger partial charge in [0.25, 0.3) is 0 Å². The molecule has 0 saturated heterocycles. The Morgan fingerprint density at radius 1 is 1.22 bits per heavy atom. The number of rotatable bonds is 2. The zero-order valence-corrected chi connectivity index (χ0v) is 12.0. The number of aromatic nitrogens is 2. The van der Waals surface area contributed by atoms with Crippen molar-refractivity contribution in [3.63, 3.8) is 0 Å². The van der Waals surface area contributed by atoms with Gasteiger partial charge in [-0.25, -0.2) is 14.4 Å². The Labute approximate surface area is 114 Å². The summed E-state index contributed by atoms with van der Waals surface area (Å²) in [5.41, 5.74) is 2.30. The van der Waals surface area contributed by atoms with Gasteiger partial charge in [0.1, 0.15) is 0 Å². The highest BCUT2D eigenvalue weighted by molar-refractivity contribution is 9.10. The van der Waals surface area contributed by atoms with E-state index >= 15 is 0 Å². The molecule has 0 unspecified atom stereocenters. The van der Waals surface area contributed by atoms with Gasteiger partial charge in [0.2, 0.25) is 0 Å². The minimum atomic E-state index is -0.407. The molecule has 0 aliphatic carbocycles. The average molecular weight is 310 g/mol. The third-order valence-corrected chi connectivity index (χ3v) is 3.56. The molecule has 1 aromatic heterocycles. The number of hydrogen-bond donors (Lipinski definition) is 1. The fourth-order valence-corrected chi connectivity index (χ4v) is 1.88. The third-order valence-electron chi connectivity index (χ3n) is 2.67. The molecule has 0 amide bonds. The van der Waals surface area contributed by atoms with Crippen molar-refractivity contribution in [2.75, 3.05) is 12.4 Å². The third kappa shape index (κ3) is 2.36. The van der Waals surface area contributed by atoms with E-state index in [2.05, 4.69) is 31.2 Å². The zero-order valence-electron chi connectivity index (χ0n) is 10.4. The Morgan fingerprint density at radius 2 is 1.94 bits per heavy atom. The van der Waals surface area contributed by atoms with Crippen LogP contribution in [0.15, 0.2) is 22.7 Å². The standard InChI is InChI=1S/C13H13BrFN3/c1-7-6-9(4-5-10(7)14)12-17-8(2)11(15)13(16-3)18-12/h4-6H,1-3H3,(H,16,17,18). The van der Waals surface area contributed by atoms with Crippen LogP contribution in [-0.2, 0) is 0 Å². The first-order valence-electron chi connectivity index (χ1n) is 5.51. The van der Waals surface area contributed by atoms with Gasteiger partial charge in [0, 0.05) is 17.1 Å². The van der Waals surface area contributed by atoms with E-state index in [1.54, 1.807) is 14.0 Å². The lowest BCUT2D eigenvalue weighted by atomic mass is 10.1. The first kappa shape index (κ1) is 13.0. The van der Waals surface area contributed by atoms with Crippen LogP contribution in [0.4, 0.5) is 10.2 Å². The van der Waals surface area contributed by atoms with Crippen LogP contribution in [0.5, 0.6) is 0 Å². The van der Waals surface area contributed by atoms with E-state index in [1.807, 2.05) is 25.1 Å². The highest BCUT2D eigenvalue weighted by Crippen LogP contribution is 2.25. The molecule has 18 heavy (non-hydrogen) atoms. The minimum absolute atomic E-state index is 0.220. The van der Waals surface area contributed by atoms with Gasteiger partial charge < -0.3 is 5.32 Å². The second-order valence-corrected chi connectivity index (χ2v) is 4.86. The molecule has 0 aliphatic heterocycles. The summed E-state index contributed by atoms with van der Waals surface area (Å²) in [6, 6.07) is 5.81. The Bertz CT molecular complexity index is 599. The summed E-state index contributed by atoms with van der Waals surface area (Å²) in [7, 11) is 1.64. The fraction of sp³-hybridized carbons (Fsp3) is 0.231. The van der Waals surface area contributed by atoms with Gasteiger partial charge in [0.05, 0.1) is 5.69 Å². The van der Waals surface area contributed by atoms with Crippen molar-refractivity contribution in [2.45, 2.75) is 13.8 Å².